The Morgan fingerprint density at radius 1 is 1.16 bits per heavy atom. The average Bonchev–Trinajstić information content (AvgIpc) is 2.38. The largest absolute Gasteiger partial charge is 0.417 e. The van der Waals surface area contributed by atoms with Gasteiger partial charge in [0.2, 0.25) is 0 Å². The Morgan fingerprint density at radius 3 is 2.47 bits per heavy atom. The lowest BCUT2D eigenvalue weighted by Crippen LogP contribution is -2.07. The van der Waals surface area contributed by atoms with Crippen molar-refractivity contribution in [2.45, 2.75) is 6.18 Å². The standard InChI is InChI=1S/C13H7ClF3NO/c14-11-8(7-19)5-6-18-12(11)9-3-1-2-4-10(9)13(15,16)17/h1-7H. The molecule has 0 amide bonds. The number of aromatic nitrogens is 1. The number of nitrogens with zero attached hydrogens (tertiary/aromatic N) is 1. The van der Waals surface area contributed by atoms with E-state index in [0.29, 0.717) is 6.29 Å². The number of hydrogen-bond acceptors (Lipinski definition) is 2. The first-order valence-electron chi connectivity index (χ1n) is 5.21. The van der Waals surface area contributed by atoms with Crippen LogP contribution in [0.4, 0.5) is 13.2 Å². The molecule has 0 atom stereocenters. The minimum absolute atomic E-state index is 0.0563. The zero-order valence-electron chi connectivity index (χ0n) is 9.41. The summed E-state index contributed by atoms with van der Waals surface area (Å²) in [7, 11) is 0. The quantitative estimate of drug-likeness (QED) is 0.773. The van der Waals surface area contributed by atoms with Crippen LogP contribution in [-0.2, 0) is 6.18 Å². The summed E-state index contributed by atoms with van der Waals surface area (Å²) in [5.41, 5.74) is -0.945. The summed E-state index contributed by atoms with van der Waals surface area (Å²) in [4.78, 5) is 14.6. The van der Waals surface area contributed by atoms with Crippen molar-refractivity contribution in [2.75, 3.05) is 0 Å². The third-order valence-electron chi connectivity index (χ3n) is 2.53. The van der Waals surface area contributed by atoms with Crippen LogP contribution in [0.1, 0.15) is 15.9 Å². The van der Waals surface area contributed by atoms with Gasteiger partial charge in [0.05, 0.1) is 16.3 Å². The van der Waals surface area contributed by atoms with E-state index in [4.69, 9.17) is 11.6 Å². The first-order chi connectivity index (χ1) is 8.95. The third kappa shape index (κ3) is 2.61. The molecule has 0 N–H and O–H groups in total. The fraction of sp³-hybridized carbons (Fsp3) is 0.0769. The molecule has 0 spiro atoms. The van der Waals surface area contributed by atoms with Crippen molar-refractivity contribution in [1.82, 2.24) is 4.98 Å². The topological polar surface area (TPSA) is 30.0 Å². The number of carbonyl (C=O) groups excluding carboxylic acids is 1. The van der Waals surface area contributed by atoms with Gasteiger partial charge >= 0.3 is 6.18 Å². The molecule has 2 aromatic rings. The van der Waals surface area contributed by atoms with Gasteiger partial charge in [-0.2, -0.15) is 13.2 Å². The highest BCUT2D eigenvalue weighted by Crippen LogP contribution is 2.38. The number of carbonyl (C=O) groups is 1. The van der Waals surface area contributed by atoms with Crippen LogP contribution in [0.3, 0.4) is 0 Å². The summed E-state index contributed by atoms with van der Waals surface area (Å²) < 4.78 is 38.7. The van der Waals surface area contributed by atoms with Crippen molar-refractivity contribution in [3.05, 3.63) is 52.7 Å². The summed E-state index contributed by atoms with van der Waals surface area (Å²) in [6.45, 7) is 0. The summed E-state index contributed by atoms with van der Waals surface area (Å²) in [5, 5.41) is -0.0887. The van der Waals surface area contributed by atoms with Crippen LogP contribution in [0, 0.1) is 0 Å². The highest BCUT2D eigenvalue weighted by molar-refractivity contribution is 6.35. The molecule has 1 aromatic carbocycles. The van der Waals surface area contributed by atoms with Crippen molar-refractivity contribution in [3.63, 3.8) is 0 Å². The monoisotopic (exact) mass is 285 g/mol. The van der Waals surface area contributed by atoms with Gasteiger partial charge in [-0.25, -0.2) is 0 Å². The van der Waals surface area contributed by atoms with E-state index in [1.54, 1.807) is 0 Å². The van der Waals surface area contributed by atoms with E-state index in [1.165, 1.54) is 30.5 Å². The number of rotatable bonds is 2. The maximum Gasteiger partial charge on any atom is 0.417 e. The molecule has 98 valence electrons. The second-order valence-corrected chi connectivity index (χ2v) is 4.10. The average molecular weight is 286 g/mol. The molecule has 0 radical (unpaired) electrons. The van der Waals surface area contributed by atoms with Gasteiger partial charge in [-0.1, -0.05) is 29.8 Å². The lowest BCUT2D eigenvalue weighted by Gasteiger charge is -2.13. The molecule has 0 aliphatic rings. The molecule has 0 unspecified atom stereocenters. The van der Waals surface area contributed by atoms with Crippen LogP contribution in [0.15, 0.2) is 36.5 Å². The summed E-state index contributed by atoms with van der Waals surface area (Å²) in [6, 6.07) is 6.29. The first-order valence-corrected chi connectivity index (χ1v) is 5.59. The number of alkyl halides is 3. The van der Waals surface area contributed by atoms with E-state index in [9.17, 15) is 18.0 Å². The predicted molar refractivity (Wildman–Crippen MR) is 65.1 cm³/mol. The van der Waals surface area contributed by atoms with Gasteiger partial charge in [0, 0.05) is 17.3 Å². The highest BCUT2D eigenvalue weighted by atomic mass is 35.5. The normalized spacial score (nSPS) is 11.4. The minimum Gasteiger partial charge on any atom is -0.298 e. The van der Waals surface area contributed by atoms with Crippen molar-refractivity contribution < 1.29 is 18.0 Å². The van der Waals surface area contributed by atoms with Crippen LogP contribution in [0.25, 0.3) is 11.3 Å². The molecule has 0 aliphatic heterocycles. The van der Waals surface area contributed by atoms with Gasteiger partial charge in [-0.3, -0.25) is 9.78 Å². The maximum absolute atomic E-state index is 12.9. The molecule has 19 heavy (non-hydrogen) atoms. The smallest absolute Gasteiger partial charge is 0.298 e. The summed E-state index contributed by atoms with van der Waals surface area (Å²) in [6.07, 6.45) is -2.79. The molecule has 2 nitrogen and oxygen atoms in total. The second-order valence-electron chi connectivity index (χ2n) is 3.72. The Labute approximate surface area is 111 Å². The van der Waals surface area contributed by atoms with Crippen molar-refractivity contribution in [3.8, 4) is 11.3 Å². The molecule has 0 fully saturated rings. The molecule has 1 heterocycles. The van der Waals surface area contributed by atoms with Crippen molar-refractivity contribution in [1.29, 1.82) is 0 Å². The molecule has 0 bridgehead atoms. The SMILES string of the molecule is O=Cc1ccnc(-c2ccccc2C(F)(F)F)c1Cl. The first kappa shape index (κ1) is 13.5. The van der Waals surface area contributed by atoms with Gasteiger partial charge in [0.15, 0.2) is 6.29 Å². The number of aldehydes is 1. The van der Waals surface area contributed by atoms with Gasteiger partial charge in [-0.15, -0.1) is 0 Å². The highest BCUT2D eigenvalue weighted by Gasteiger charge is 2.34. The number of pyridine rings is 1. The lowest BCUT2D eigenvalue weighted by molar-refractivity contribution is -0.137. The Hall–Kier alpha value is -1.88. The van der Waals surface area contributed by atoms with Crippen LogP contribution in [0.2, 0.25) is 5.02 Å². The van der Waals surface area contributed by atoms with Crippen LogP contribution < -0.4 is 0 Å². The van der Waals surface area contributed by atoms with E-state index in [2.05, 4.69) is 4.98 Å². The van der Waals surface area contributed by atoms with Gasteiger partial charge in [0.25, 0.3) is 0 Å². The van der Waals surface area contributed by atoms with E-state index in [1.807, 2.05) is 0 Å². The van der Waals surface area contributed by atoms with E-state index in [0.717, 1.165) is 6.07 Å². The van der Waals surface area contributed by atoms with Crippen molar-refractivity contribution in [2.24, 2.45) is 0 Å². The molecule has 6 heteroatoms. The van der Waals surface area contributed by atoms with Crippen LogP contribution in [-0.4, -0.2) is 11.3 Å². The lowest BCUT2D eigenvalue weighted by atomic mass is 10.0. The van der Waals surface area contributed by atoms with Crippen LogP contribution >= 0.6 is 11.6 Å². The van der Waals surface area contributed by atoms with E-state index < -0.39 is 11.7 Å². The van der Waals surface area contributed by atoms with Gasteiger partial charge < -0.3 is 0 Å². The Balaban J connectivity index is 2.70. The minimum atomic E-state index is -4.52. The maximum atomic E-state index is 12.9. The Bertz CT molecular complexity index is 626. The fourth-order valence-electron chi connectivity index (χ4n) is 1.67. The zero-order valence-corrected chi connectivity index (χ0v) is 10.2. The Kier molecular flexibility index (Phi) is 3.57. The zero-order chi connectivity index (χ0) is 14.0. The molecular formula is C13H7ClF3NO. The molecule has 0 saturated heterocycles. The third-order valence-corrected chi connectivity index (χ3v) is 2.93. The van der Waals surface area contributed by atoms with E-state index >= 15 is 0 Å². The second kappa shape index (κ2) is 5.01. The number of halogens is 4. The molecule has 0 aliphatic carbocycles. The predicted octanol–water partition coefficient (Wildman–Crippen LogP) is 4.23. The molecule has 2 rings (SSSR count). The molecular weight excluding hydrogens is 279 g/mol. The molecule has 1 aromatic heterocycles. The van der Waals surface area contributed by atoms with Gasteiger partial charge in [0.1, 0.15) is 0 Å². The van der Waals surface area contributed by atoms with Crippen molar-refractivity contribution >= 4 is 17.9 Å². The number of benzene rings is 1. The fourth-order valence-corrected chi connectivity index (χ4v) is 1.93. The summed E-state index contributed by atoms with van der Waals surface area (Å²) in [5.74, 6) is 0. The van der Waals surface area contributed by atoms with Gasteiger partial charge in [-0.05, 0) is 12.1 Å². The van der Waals surface area contributed by atoms with E-state index in [-0.39, 0.29) is 21.8 Å². The summed E-state index contributed by atoms with van der Waals surface area (Å²) >= 11 is 5.90. The Morgan fingerprint density at radius 2 is 1.84 bits per heavy atom. The van der Waals surface area contributed by atoms with Crippen LogP contribution in [0.5, 0.6) is 0 Å². The number of hydrogen-bond donors (Lipinski definition) is 0. The molecule has 0 saturated carbocycles.